The van der Waals surface area contributed by atoms with Crippen molar-refractivity contribution >= 4 is 11.9 Å². The summed E-state index contributed by atoms with van der Waals surface area (Å²) in [5, 5.41) is 8.67. The van der Waals surface area contributed by atoms with Crippen LogP contribution in [0.4, 0.5) is 0 Å². The SMILES string of the molecule is Cc1ccc(C(N)=O)c(C(=O)O)n1. The molecule has 1 aromatic heterocycles. The van der Waals surface area contributed by atoms with Gasteiger partial charge in [-0.25, -0.2) is 9.78 Å². The molecule has 1 rings (SSSR count). The van der Waals surface area contributed by atoms with E-state index in [2.05, 4.69) is 4.98 Å². The first kappa shape index (κ1) is 9.18. The summed E-state index contributed by atoms with van der Waals surface area (Å²) >= 11 is 0. The monoisotopic (exact) mass is 180 g/mol. The Morgan fingerprint density at radius 1 is 1.46 bits per heavy atom. The maximum atomic E-state index is 10.8. The third kappa shape index (κ3) is 1.81. The van der Waals surface area contributed by atoms with E-state index in [9.17, 15) is 9.59 Å². The molecule has 0 aliphatic heterocycles. The summed E-state index contributed by atoms with van der Waals surface area (Å²) in [6.45, 7) is 1.64. The summed E-state index contributed by atoms with van der Waals surface area (Å²) < 4.78 is 0. The predicted octanol–water partition coefficient (Wildman–Crippen LogP) is 0.187. The fourth-order valence-corrected chi connectivity index (χ4v) is 0.919. The van der Waals surface area contributed by atoms with Crippen LogP contribution in [0.15, 0.2) is 12.1 Å². The molecule has 0 saturated heterocycles. The van der Waals surface area contributed by atoms with Crippen LogP contribution < -0.4 is 5.73 Å². The molecular weight excluding hydrogens is 172 g/mol. The van der Waals surface area contributed by atoms with Gasteiger partial charge >= 0.3 is 5.97 Å². The maximum Gasteiger partial charge on any atom is 0.355 e. The Bertz CT molecular complexity index is 374. The van der Waals surface area contributed by atoms with Crippen LogP contribution in [0.5, 0.6) is 0 Å². The lowest BCUT2D eigenvalue weighted by molar-refractivity contribution is 0.0685. The Kier molecular flexibility index (Phi) is 2.27. The van der Waals surface area contributed by atoms with E-state index in [0.29, 0.717) is 5.69 Å². The molecule has 0 aliphatic carbocycles. The summed E-state index contributed by atoms with van der Waals surface area (Å²) in [6.07, 6.45) is 0. The Morgan fingerprint density at radius 2 is 2.08 bits per heavy atom. The molecule has 5 heteroatoms. The summed E-state index contributed by atoms with van der Waals surface area (Å²) in [7, 11) is 0. The molecule has 13 heavy (non-hydrogen) atoms. The van der Waals surface area contributed by atoms with Crippen LogP contribution in [0.1, 0.15) is 26.5 Å². The van der Waals surface area contributed by atoms with Crippen molar-refractivity contribution in [3.63, 3.8) is 0 Å². The number of hydrogen-bond acceptors (Lipinski definition) is 3. The number of rotatable bonds is 2. The molecule has 0 atom stereocenters. The van der Waals surface area contributed by atoms with E-state index in [0.717, 1.165) is 0 Å². The summed E-state index contributed by atoms with van der Waals surface area (Å²) in [5.41, 5.74) is 5.12. The second-order valence-electron chi connectivity index (χ2n) is 2.52. The minimum Gasteiger partial charge on any atom is -0.476 e. The van der Waals surface area contributed by atoms with Gasteiger partial charge in [-0.05, 0) is 19.1 Å². The topological polar surface area (TPSA) is 93.3 Å². The van der Waals surface area contributed by atoms with Gasteiger partial charge in [0.2, 0.25) is 0 Å². The van der Waals surface area contributed by atoms with Gasteiger partial charge in [-0.3, -0.25) is 4.79 Å². The normalized spacial score (nSPS) is 9.62. The van der Waals surface area contributed by atoms with Crippen LogP contribution in [0.3, 0.4) is 0 Å². The number of carbonyl (C=O) groups excluding carboxylic acids is 1. The molecule has 0 radical (unpaired) electrons. The second-order valence-corrected chi connectivity index (χ2v) is 2.52. The summed E-state index contributed by atoms with van der Waals surface area (Å²) in [4.78, 5) is 25.1. The van der Waals surface area contributed by atoms with Crippen molar-refractivity contribution in [2.75, 3.05) is 0 Å². The number of nitrogens with zero attached hydrogens (tertiary/aromatic N) is 1. The highest BCUT2D eigenvalue weighted by atomic mass is 16.4. The molecule has 1 aromatic rings. The molecule has 0 unspecified atom stereocenters. The number of aromatic carboxylic acids is 1. The van der Waals surface area contributed by atoms with Gasteiger partial charge in [0.25, 0.3) is 5.91 Å². The van der Waals surface area contributed by atoms with Crippen LogP contribution in [-0.2, 0) is 0 Å². The van der Waals surface area contributed by atoms with Gasteiger partial charge < -0.3 is 10.8 Å². The molecule has 3 N–H and O–H groups in total. The number of carboxylic acids is 1. The van der Waals surface area contributed by atoms with Crippen molar-refractivity contribution in [2.24, 2.45) is 5.73 Å². The van der Waals surface area contributed by atoms with Crippen molar-refractivity contribution < 1.29 is 14.7 Å². The first-order chi connectivity index (χ1) is 6.02. The largest absolute Gasteiger partial charge is 0.476 e. The zero-order chi connectivity index (χ0) is 10.0. The fourth-order valence-electron chi connectivity index (χ4n) is 0.919. The number of aromatic nitrogens is 1. The predicted molar refractivity (Wildman–Crippen MR) is 44.5 cm³/mol. The third-order valence-corrected chi connectivity index (χ3v) is 1.50. The minimum atomic E-state index is -1.25. The third-order valence-electron chi connectivity index (χ3n) is 1.50. The molecule has 0 spiro atoms. The van der Waals surface area contributed by atoms with E-state index < -0.39 is 11.9 Å². The first-order valence-electron chi connectivity index (χ1n) is 3.53. The Morgan fingerprint density at radius 3 is 2.54 bits per heavy atom. The van der Waals surface area contributed by atoms with Crippen molar-refractivity contribution in [2.45, 2.75) is 6.92 Å². The standard InChI is InChI=1S/C8H8N2O3/c1-4-2-3-5(7(9)11)6(10-4)8(12)13/h2-3H,1H3,(H2,9,11)(H,12,13). The molecule has 0 fully saturated rings. The van der Waals surface area contributed by atoms with E-state index >= 15 is 0 Å². The van der Waals surface area contributed by atoms with E-state index in [-0.39, 0.29) is 11.3 Å². The lowest BCUT2D eigenvalue weighted by atomic mass is 10.1. The van der Waals surface area contributed by atoms with Gasteiger partial charge in [-0.15, -0.1) is 0 Å². The van der Waals surface area contributed by atoms with E-state index in [1.54, 1.807) is 6.92 Å². The zero-order valence-electron chi connectivity index (χ0n) is 6.94. The van der Waals surface area contributed by atoms with E-state index in [1.807, 2.05) is 0 Å². The van der Waals surface area contributed by atoms with Crippen LogP contribution in [0, 0.1) is 6.92 Å². The fraction of sp³-hybridized carbons (Fsp3) is 0.125. The summed E-state index contributed by atoms with van der Waals surface area (Å²) in [6, 6.07) is 2.89. The Hall–Kier alpha value is -1.91. The number of carbonyl (C=O) groups is 2. The highest BCUT2D eigenvalue weighted by Crippen LogP contribution is 2.06. The molecule has 68 valence electrons. The van der Waals surface area contributed by atoms with Crippen LogP contribution >= 0.6 is 0 Å². The molecule has 0 aliphatic rings. The number of aryl methyl sites for hydroxylation is 1. The molecule has 0 bridgehead atoms. The minimum absolute atomic E-state index is 0.0712. The second kappa shape index (κ2) is 3.22. The molecule has 5 nitrogen and oxygen atoms in total. The van der Waals surface area contributed by atoms with Gasteiger partial charge in [0.05, 0.1) is 5.56 Å². The van der Waals surface area contributed by atoms with Crippen LogP contribution in [0.2, 0.25) is 0 Å². The molecule has 1 heterocycles. The Labute approximate surface area is 74.2 Å². The number of pyridine rings is 1. The highest BCUT2D eigenvalue weighted by Gasteiger charge is 2.15. The first-order valence-corrected chi connectivity index (χ1v) is 3.53. The maximum absolute atomic E-state index is 10.8. The summed E-state index contributed by atoms with van der Waals surface area (Å²) in [5.74, 6) is -2.04. The number of nitrogens with two attached hydrogens (primary N) is 1. The average molecular weight is 180 g/mol. The van der Waals surface area contributed by atoms with Crippen molar-refractivity contribution in [3.05, 3.63) is 29.1 Å². The quantitative estimate of drug-likeness (QED) is 0.679. The van der Waals surface area contributed by atoms with E-state index in [4.69, 9.17) is 10.8 Å². The smallest absolute Gasteiger partial charge is 0.355 e. The van der Waals surface area contributed by atoms with Gasteiger partial charge in [-0.2, -0.15) is 0 Å². The lowest BCUT2D eigenvalue weighted by Crippen LogP contribution is -2.17. The van der Waals surface area contributed by atoms with Crippen LogP contribution in [-0.4, -0.2) is 22.0 Å². The van der Waals surface area contributed by atoms with Gasteiger partial charge in [0, 0.05) is 5.69 Å². The van der Waals surface area contributed by atoms with Gasteiger partial charge in [-0.1, -0.05) is 0 Å². The van der Waals surface area contributed by atoms with Crippen LogP contribution in [0.25, 0.3) is 0 Å². The zero-order valence-corrected chi connectivity index (χ0v) is 6.94. The Balaban J connectivity index is 3.35. The van der Waals surface area contributed by atoms with Gasteiger partial charge in [0.15, 0.2) is 5.69 Å². The van der Waals surface area contributed by atoms with Gasteiger partial charge in [0.1, 0.15) is 0 Å². The van der Waals surface area contributed by atoms with Crippen molar-refractivity contribution in [1.82, 2.24) is 4.98 Å². The number of carboxylic acid groups (broad SMARTS) is 1. The molecule has 0 aromatic carbocycles. The lowest BCUT2D eigenvalue weighted by Gasteiger charge is -2.01. The van der Waals surface area contributed by atoms with Crippen molar-refractivity contribution in [1.29, 1.82) is 0 Å². The molecule has 1 amide bonds. The molecular formula is C8H8N2O3. The number of hydrogen-bond donors (Lipinski definition) is 2. The van der Waals surface area contributed by atoms with E-state index in [1.165, 1.54) is 12.1 Å². The highest BCUT2D eigenvalue weighted by molar-refractivity contribution is 6.02. The van der Waals surface area contributed by atoms with Crippen molar-refractivity contribution in [3.8, 4) is 0 Å². The molecule has 0 saturated carbocycles. The number of primary amides is 1. The number of amides is 1. The average Bonchev–Trinajstić information content (AvgIpc) is 2.03.